The van der Waals surface area contributed by atoms with E-state index in [9.17, 15) is 0 Å². The van der Waals surface area contributed by atoms with Gasteiger partial charge in [-0.05, 0) is 43.4 Å². The van der Waals surface area contributed by atoms with E-state index in [4.69, 9.17) is 4.99 Å². The molecule has 1 unspecified atom stereocenters. The summed E-state index contributed by atoms with van der Waals surface area (Å²) >= 11 is 3.56. The minimum absolute atomic E-state index is 0. The van der Waals surface area contributed by atoms with Gasteiger partial charge in [0.25, 0.3) is 0 Å². The van der Waals surface area contributed by atoms with Gasteiger partial charge in [0.05, 0.1) is 0 Å². The summed E-state index contributed by atoms with van der Waals surface area (Å²) < 4.78 is 3.12. The first-order valence-electron chi connectivity index (χ1n) is 10.1. The number of rotatable bonds is 10. The molecule has 0 amide bonds. The Morgan fingerprint density at radius 2 is 2.03 bits per heavy atom. The number of nitrogens with zero attached hydrogens (tertiary/aromatic N) is 4. The van der Waals surface area contributed by atoms with Gasteiger partial charge in [-0.25, -0.2) is 4.99 Å². The molecule has 1 heterocycles. The van der Waals surface area contributed by atoms with Crippen molar-refractivity contribution < 1.29 is 0 Å². The van der Waals surface area contributed by atoms with Gasteiger partial charge in [-0.2, -0.15) is 0 Å². The normalized spacial score (nSPS) is 12.4. The first kappa shape index (κ1) is 25.9. The van der Waals surface area contributed by atoms with Crippen LogP contribution in [0, 0.1) is 12.8 Å². The third-order valence-corrected chi connectivity index (χ3v) is 5.43. The summed E-state index contributed by atoms with van der Waals surface area (Å²) in [6, 6.07) is 8.56. The summed E-state index contributed by atoms with van der Waals surface area (Å²) in [7, 11) is 1.98. The molecule has 1 atom stereocenters. The molecule has 0 radical (unpaired) electrons. The zero-order chi connectivity index (χ0) is 20.4. The molecule has 0 saturated heterocycles. The molecule has 6 nitrogen and oxygen atoms in total. The monoisotopic (exact) mass is 576 g/mol. The number of aryl methyl sites for hydroxylation is 1. The zero-order valence-corrected chi connectivity index (χ0v) is 21.8. The van der Waals surface area contributed by atoms with Crippen molar-refractivity contribution in [2.24, 2.45) is 18.0 Å². The smallest absolute Gasteiger partial charge is 0.191 e. The van der Waals surface area contributed by atoms with Crippen LogP contribution in [0.5, 0.6) is 0 Å². The van der Waals surface area contributed by atoms with Crippen molar-refractivity contribution in [1.82, 2.24) is 25.4 Å². The predicted octanol–water partition coefficient (Wildman–Crippen LogP) is 4.61. The molecule has 0 bridgehead atoms. The molecule has 0 fully saturated rings. The highest BCUT2D eigenvalue weighted by molar-refractivity contribution is 14.0. The third kappa shape index (κ3) is 9.02. The van der Waals surface area contributed by atoms with E-state index in [1.807, 2.05) is 18.5 Å². The van der Waals surface area contributed by atoms with Crippen LogP contribution in [-0.2, 0) is 20.0 Å². The second-order valence-corrected chi connectivity index (χ2v) is 8.07. The number of hydrogen-bond acceptors (Lipinski definition) is 3. The summed E-state index contributed by atoms with van der Waals surface area (Å²) in [5.41, 5.74) is 1.36. The number of guanidine groups is 1. The molecule has 0 aliphatic heterocycles. The van der Waals surface area contributed by atoms with Gasteiger partial charge in [0, 0.05) is 24.6 Å². The largest absolute Gasteiger partial charge is 0.356 e. The second-order valence-electron chi connectivity index (χ2n) is 7.16. The maximum atomic E-state index is 4.73. The SMILES string of the molecule is CCCCNC(=NCc1nnc(C)n1C)NCC(CC)Cc1cccc(Br)c1.I. The predicted molar refractivity (Wildman–Crippen MR) is 135 cm³/mol. The van der Waals surface area contributed by atoms with Crippen LogP contribution in [0.4, 0.5) is 0 Å². The molecule has 162 valence electrons. The number of benzene rings is 1. The zero-order valence-electron chi connectivity index (χ0n) is 17.9. The van der Waals surface area contributed by atoms with Crippen LogP contribution in [0.1, 0.15) is 50.3 Å². The molecule has 29 heavy (non-hydrogen) atoms. The highest BCUT2D eigenvalue weighted by atomic mass is 127. The van der Waals surface area contributed by atoms with Gasteiger partial charge >= 0.3 is 0 Å². The molecule has 0 spiro atoms. The van der Waals surface area contributed by atoms with Gasteiger partial charge in [-0.3, -0.25) is 0 Å². The van der Waals surface area contributed by atoms with Crippen LogP contribution < -0.4 is 10.6 Å². The fourth-order valence-electron chi connectivity index (χ4n) is 2.90. The third-order valence-electron chi connectivity index (χ3n) is 4.93. The van der Waals surface area contributed by atoms with Gasteiger partial charge < -0.3 is 15.2 Å². The Hall–Kier alpha value is -1.16. The van der Waals surface area contributed by atoms with Gasteiger partial charge in [-0.1, -0.05) is 54.8 Å². The number of aromatic nitrogens is 3. The molecule has 2 aromatic rings. The number of halogens is 2. The van der Waals surface area contributed by atoms with Gasteiger partial charge in [0.15, 0.2) is 11.8 Å². The molecule has 2 rings (SSSR count). The lowest BCUT2D eigenvalue weighted by Crippen LogP contribution is -2.40. The summed E-state index contributed by atoms with van der Waals surface area (Å²) in [5, 5.41) is 15.3. The van der Waals surface area contributed by atoms with Crippen LogP contribution in [0.15, 0.2) is 33.7 Å². The first-order valence-corrected chi connectivity index (χ1v) is 10.9. The Bertz CT molecular complexity index is 761. The molecule has 0 saturated carbocycles. The van der Waals surface area contributed by atoms with Crippen molar-refractivity contribution in [3.05, 3.63) is 46.0 Å². The molecule has 0 aliphatic carbocycles. The Morgan fingerprint density at radius 3 is 2.66 bits per heavy atom. The molecule has 2 N–H and O–H groups in total. The molecular formula is C21H34BrIN6. The number of nitrogens with one attached hydrogen (secondary N) is 2. The van der Waals surface area contributed by atoms with Gasteiger partial charge in [0.1, 0.15) is 12.4 Å². The van der Waals surface area contributed by atoms with Crippen LogP contribution in [0.3, 0.4) is 0 Å². The molecule has 1 aromatic heterocycles. The van der Waals surface area contributed by atoms with Crippen molar-refractivity contribution in [2.75, 3.05) is 13.1 Å². The quantitative estimate of drug-likeness (QED) is 0.188. The Labute approximate surface area is 200 Å². The van der Waals surface area contributed by atoms with Crippen LogP contribution >= 0.6 is 39.9 Å². The van der Waals surface area contributed by atoms with Crippen molar-refractivity contribution >= 4 is 45.9 Å². The minimum atomic E-state index is 0. The van der Waals surface area contributed by atoms with Crippen LogP contribution in [0.25, 0.3) is 0 Å². The van der Waals surface area contributed by atoms with E-state index in [0.29, 0.717) is 12.5 Å². The molecule has 0 aliphatic rings. The number of unbranched alkanes of at least 4 members (excludes halogenated alkanes) is 1. The Kier molecular flexibility index (Phi) is 12.4. The fourth-order valence-corrected chi connectivity index (χ4v) is 3.34. The van der Waals surface area contributed by atoms with E-state index in [0.717, 1.165) is 60.9 Å². The van der Waals surface area contributed by atoms with Crippen molar-refractivity contribution in [1.29, 1.82) is 0 Å². The van der Waals surface area contributed by atoms with Gasteiger partial charge in [-0.15, -0.1) is 34.2 Å². The number of hydrogen-bond donors (Lipinski definition) is 2. The number of aliphatic imine (C=N–C) groups is 1. The lowest BCUT2D eigenvalue weighted by molar-refractivity contribution is 0.493. The maximum absolute atomic E-state index is 4.73. The van der Waals surface area contributed by atoms with E-state index in [2.05, 4.69) is 74.9 Å². The molecular weight excluding hydrogens is 543 g/mol. The lowest BCUT2D eigenvalue weighted by Gasteiger charge is -2.19. The summed E-state index contributed by atoms with van der Waals surface area (Å²) in [6.45, 7) is 8.71. The van der Waals surface area contributed by atoms with E-state index < -0.39 is 0 Å². The standard InChI is InChI=1S/C21H33BrN6.HI/c1-5-7-11-23-21(25-15-20-27-26-16(3)28(20)4)24-14-17(6-2)12-18-9-8-10-19(22)13-18;/h8-10,13,17H,5-7,11-12,14-15H2,1-4H3,(H2,23,24,25);1H. The minimum Gasteiger partial charge on any atom is -0.356 e. The fraction of sp³-hybridized carbons (Fsp3) is 0.571. The van der Waals surface area contributed by atoms with Crippen molar-refractivity contribution in [3.8, 4) is 0 Å². The van der Waals surface area contributed by atoms with E-state index >= 15 is 0 Å². The summed E-state index contributed by atoms with van der Waals surface area (Å²) in [5.74, 6) is 3.17. The van der Waals surface area contributed by atoms with Crippen LogP contribution in [0.2, 0.25) is 0 Å². The Morgan fingerprint density at radius 1 is 1.24 bits per heavy atom. The van der Waals surface area contributed by atoms with Crippen molar-refractivity contribution in [2.45, 2.75) is 53.0 Å². The Balaban J connectivity index is 0.00000420. The first-order chi connectivity index (χ1) is 13.5. The molecule has 8 heteroatoms. The van der Waals surface area contributed by atoms with Crippen LogP contribution in [-0.4, -0.2) is 33.8 Å². The average molecular weight is 577 g/mol. The van der Waals surface area contributed by atoms with E-state index in [1.54, 1.807) is 0 Å². The van der Waals surface area contributed by atoms with E-state index in [1.165, 1.54) is 5.56 Å². The second kappa shape index (κ2) is 14.0. The highest BCUT2D eigenvalue weighted by Crippen LogP contribution is 2.16. The molecule has 1 aromatic carbocycles. The van der Waals surface area contributed by atoms with E-state index in [-0.39, 0.29) is 24.0 Å². The van der Waals surface area contributed by atoms with Crippen molar-refractivity contribution in [3.63, 3.8) is 0 Å². The lowest BCUT2D eigenvalue weighted by atomic mass is 9.97. The average Bonchev–Trinajstić information content (AvgIpc) is 3.00. The summed E-state index contributed by atoms with van der Waals surface area (Å²) in [4.78, 5) is 4.73. The maximum Gasteiger partial charge on any atom is 0.191 e. The topological polar surface area (TPSA) is 67.1 Å². The summed E-state index contributed by atoms with van der Waals surface area (Å²) in [6.07, 6.45) is 4.44. The van der Waals surface area contributed by atoms with Gasteiger partial charge in [0.2, 0.25) is 0 Å². The highest BCUT2D eigenvalue weighted by Gasteiger charge is 2.10.